The minimum atomic E-state index is -1.05. The third kappa shape index (κ3) is 3.84. The van der Waals surface area contributed by atoms with Crippen molar-refractivity contribution >= 4 is 11.8 Å². The molecule has 1 aromatic rings. The highest BCUT2D eigenvalue weighted by molar-refractivity contribution is 5.90. The maximum Gasteiger partial charge on any atom is 0.311 e. The molecule has 190 valence electrons. The SMILES string of the molecule is C=CCN1CC[C@]23c4c5ccc(OC(=O)CCCCCCCCC)c4O[C@H]2C(=O)CC[C@@]3(O)C1C5. The van der Waals surface area contributed by atoms with Crippen LogP contribution in [0.3, 0.4) is 0 Å². The molecule has 2 bridgehead atoms. The van der Waals surface area contributed by atoms with E-state index in [4.69, 9.17) is 9.47 Å². The first kappa shape index (κ1) is 24.5. The number of Topliss-reactive ketones (excluding diaryl/α,β-unsaturated/α-hetero) is 1. The summed E-state index contributed by atoms with van der Waals surface area (Å²) < 4.78 is 12.1. The van der Waals surface area contributed by atoms with Crippen molar-refractivity contribution in [2.75, 3.05) is 13.1 Å². The fourth-order valence-corrected chi connectivity index (χ4v) is 7.27. The molecule has 2 aliphatic heterocycles. The van der Waals surface area contributed by atoms with Crippen LogP contribution in [-0.2, 0) is 21.4 Å². The third-order valence-electron chi connectivity index (χ3n) is 8.93. The molecule has 1 unspecified atom stereocenters. The monoisotopic (exact) mass is 481 g/mol. The second-order valence-electron chi connectivity index (χ2n) is 10.9. The number of unbranched alkanes of at least 4 members (excludes halogenated alkanes) is 6. The number of ether oxygens (including phenoxy) is 2. The smallest absolute Gasteiger partial charge is 0.311 e. The van der Waals surface area contributed by atoms with Crippen LogP contribution in [0.5, 0.6) is 11.5 Å². The van der Waals surface area contributed by atoms with E-state index in [0.717, 1.165) is 36.9 Å². The Kier molecular flexibility index (Phi) is 6.79. The number of ketones is 1. The number of piperidine rings is 1. The molecular weight excluding hydrogens is 442 g/mol. The molecule has 0 amide bonds. The predicted octanol–water partition coefficient (Wildman–Crippen LogP) is 4.64. The molecule has 6 nitrogen and oxygen atoms in total. The summed E-state index contributed by atoms with van der Waals surface area (Å²) in [5, 5.41) is 12.2. The molecule has 6 heteroatoms. The van der Waals surface area contributed by atoms with E-state index in [9.17, 15) is 14.7 Å². The van der Waals surface area contributed by atoms with Gasteiger partial charge in [0.25, 0.3) is 0 Å². The zero-order valence-corrected chi connectivity index (χ0v) is 21.0. The second kappa shape index (κ2) is 9.70. The van der Waals surface area contributed by atoms with Gasteiger partial charge >= 0.3 is 5.97 Å². The van der Waals surface area contributed by atoms with E-state index < -0.39 is 17.1 Å². The van der Waals surface area contributed by atoms with E-state index in [2.05, 4.69) is 18.4 Å². The van der Waals surface area contributed by atoms with Crippen LogP contribution in [0.2, 0.25) is 0 Å². The molecule has 1 saturated carbocycles. The molecule has 5 rings (SSSR count). The first-order valence-corrected chi connectivity index (χ1v) is 13.6. The Bertz CT molecular complexity index is 1010. The van der Waals surface area contributed by atoms with Crippen LogP contribution in [0.1, 0.15) is 88.7 Å². The van der Waals surface area contributed by atoms with Crippen molar-refractivity contribution in [1.29, 1.82) is 0 Å². The lowest BCUT2D eigenvalue weighted by Gasteiger charge is -2.62. The van der Waals surface area contributed by atoms with Crippen LogP contribution >= 0.6 is 0 Å². The minimum Gasteiger partial charge on any atom is -0.477 e. The van der Waals surface area contributed by atoms with Gasteiger partial charge in [-0.3, -0.25) is 14.5 Å². The van der Waals surface area contributed by atoms with Crippen molar-refractivity contribution in [2.45, 2.75) is 107 Å². The normalized spacial score (nSPS) is 30.5. The first-order chi connectivity index (χ1) is 17.0. The van der Waals surface area contributed by atoms with Crippen molar-refractivity contribution in [3.8, 4) is 11.5 Å². The van der Waals surface area contributed by atoms with Gasteiger partial charge in [-0.25, -0.2) is 0 Å². The maximum atomic E-state index is 13.1. The van der Waals surface area contributed by atoms with Gasteiger partial charge in [0.2, 0.25) is 0 Å². The van der Waals surface area contributed by atoms with E-state index in [1.54, 1.807) is 0 Å². The van der Waals surface area contributed by atoms with Gasteiger partial charge in [-0.2, -0.15) is 0 Å². The summed E-state index contributed by atoms with van der Waals surface area (Å²) in [6.45, 7) is 7.59. The highest BCUT2D eigenvalue weighted by Gasteiger charge is 2.73. The summed E-state index contributed by atoms with van der Waals surface area (Å²) in [6.07, 6.45) is 11.6. The van der Waals surface area contributed by atoms with Gasteiger partial charge in [-0.1, -0.05) is 57.6 Å². The number of esters is 1. The second-order valence-corrected chi connectivity index (χ2v) is 10.9. The number of hydrogen-bond donors (Lipinski definition) is 1. The molecule has 0 aromatic heterocycles. The molecule has 1 spiro atoms. The zero-order chi connectivity index (χ0) is 24.6. The van der Waals surface area contributed by atoms with Crippen molar-refractivity contribution in [3.05, 3.63) is 35.9 Å². The molecule has 1 saturated heterocycles. The van der Waals surface area contributed by atoms with Gasteiger partial charge in [0.05, 0.1) is 11.0 Å². The Hall–Kier alpha value is -2.18. The lowest BCUT2D eigenvalue weighted by Crippen LogP contribution is -2.76. The molecule has 35 heavy (non-hydrogen) atoms. The van der Waals surface area contributed by atoms with Crippen LogP contribution in [0.4, 0.5) is 0 Å². The van der Waals surface area contributed by atoms with Gasteiger partial charge in [-0.15, -0.1) is 6.58 Å². The molecule has 4 atom stereocenters. The molecule has 1 N–H and O–H groups in total. The number of rotatable bonds is 11. The number of carbonyl (C=O) groups excluding carboxylic acids is 2. The topological polar surface area (TPSA) is 76.1 Å². The maximum absolute atomic E-state index is 13.1. The summed E-state index contributed by atoms with van der Waals surface area (Å²) in [6, 6.07) is 3.73. The molecule has 0 radical (unpaired) electrons. The van der Waals surface area contributed by atoms with E-state index >= 15 is 0 Å². The number of hydrogen-bond acceptors (Lipinski definition) is 6. The number of likely N-dealkylation sites (tertiary alicyclic amines) is 1. The molecule has 2 fully saturated rings. The van der Waals surface area contributed by atoms with Gasteiger partial charge < -0.3 is 14.6 Å². The van der Waals surface area contributed by atoms with Gasteiger partial charge in [0.15, 0.2) is 23.4 Å². The average molecular weight is 482 g/mol. The lowest BCUT2D eigenvalue weighted by atomic mass is 9.49. The summed E-state index contributed by atoms with van der Waals surface area (Å²) >= 11 is 0. The van der Waals surface area contributed by atoms with Crippen LogP contribution < -0.4 is 9.47 Å². The van der Waals surface area contributed by atoms with E-state index in [0.29, 0.717) is 50.1 Å². The number of aliphatic hydroxyl groups is 1. The van der Waals surface area contributed by atoms with Crippen LogP contribution in [0, 0.1) is 0 Å². The summed E-state index contributed by atoms with van der Waals surface area (Å²) in [4.78, 5) is 28.1. The van der Waals surface area contributed by atoms with Gasteiger partial charge in [0, 0.05) is 37.5 Å². The fourth-order valence-electron chi connectivity index (χ4n) is 7.27. The lowest BCUT2D eigenvalue weighted by molar-refractivity contribution is -0.187. The highest BCUT2D eigenvalue weighted by Crippen LogP contribution is 2.64. The third-order valence-corrected chi connectivity index (χ3v) is 8.93. The largest absolute Gasteiger partial charge is 0.477 e. The molecule has 2 aliphatic carbocycles. The van der Waals surface area contributed by atoms with Crippen molar-refractivity contribution in [2.24, 2.45) is 0 Å². The fraction of sp³-hybridized carbons (Fsp3) is 0.655. The van der Waals surface area contributed by atoms with Crippen LogP contribution in [0.25, 0.3) is 0 Å². The Morgan fingerprint density at radius 2 is 2.00 bits per heavy atom. The quantitative estimate of drug-likeness (QED) is 0.215. The Labute approximate surface area is 208 Å². The summed E-state index contributed by atoms with van der Waals surface area (Å²) in [5.41, 5.74) is 0.182. The summed E-state index contributed by atoms with van der Waals surface area (Å²) in [5.74, 6) is 0.670. The summed E-state index contributed by atoms with van der Waals surface area (Å²) in [7, 11) is 0. The zero-order valence-electron chi connectivity index (χ0n) is 21.0. The number of carbonyl (C=O) groups is 2. The minimum absolute atomic E-state index is 0.0370. The molecule has 1 aromatic carbocycles. The molecule has 4 aliphatic rings. The number of benzene rings is 1. The molecule has 2 heterocycles. The average Bonchev–Trinajstić information content (AvgIpc) is 3.20. The Balaban J connectivity index is 1.37. The number of nitrogens with zero attached hydrogens (tertiary/aromatic N) is 1. The Morgan fingerprint density at radius 1 is 1.23 bits per heavy atom. The Morgan fingerprint density at radius 3 is 2.77 bits per heavy atom. The van der Waals surface area contributed by atoms with Crippen molar-refractivity contribution in [3.63, 3.8) is 0 Å². The first-order valence-electron chi connectivity index (χ1n) is 13.6. The standard InChI is InChI=1S/C29H39NO5/c1-3-5-6-7-8-9-10-11-24(32)34-22-13-12-20-19-23-29(33)15-14-21(31)27-28(29,25(20)26(22)35-27)16-18-30(23)17-4-2/h4,12-13,23,27,33H,2-3,5-11,14-19H2,1H3/t23?,27-,28-,29+/m0/s1. The van der Waals surface area contributed by atoms with Crippen molar-refractivity contribution in [1.82, 2.24) is 4.90 Å². The van der Waals surface area contributed by atoms with Gasteiger partial charge in [0.1, 0.15) is 0 Å². The van der Waals surface area contributed by atoms with Crippen LogP contribution in [-0.4, -0.2) is 52.6 Å². The van der Waals surface area contributed by atoms with E-state index in [1.807, 2.05) is 18.2 Å². The van der Waals surface area contributed by atoms with E-state index in [1.165, 1.54) is 25.7 Å². The van der Waals surface area contributed by atoms with Crippen molar-refractivity contribution < 1.29 is 24.2 Å². The molecular formula is C29H39NO5. The predicted molar refractivity (Wildman–Crippen MR) is 134 cm³/mol. The van der Waals surface area contributed by atoms with E-state index in [-0.39, 0.29) is 17.8 Å². The van der Waals surface area contributed by atoms with Gasteiger partial charge in [-0.05, 0) is 37.3 Å². The van der Waals surface area contributed by atoms with Crippen LogP contribution in [0.15, 0.2) is 24.8 Å². The highest BCUT2D eigenvalue weighted by atomic mass is 16.6.